The van der Waals surface area contributed by atoms with Crippen molar-refractivity contribution in [1.82, 2.24) is 0 Å². The van der Waals surface area contributed by atoms with E-state index in [4.69, 9.17) is 19.9 Å². The summed E-state index contributed by atoms with van der Waals surface area (Å²) in [6, 6.07) is 12.1. The number of carbonyl (C=O) groups is 2. The van der Waals surface area contributed by atoms with Crippen LogP contribution in [0.3, 0.4) is 0 Å². The molecule has 2 aromatic rings. The van der Waals surface area contributed by atoms with E-state index in [9.17, 15) is 9.59 Å². The average molecular weight is 434 g/mol. The maximum absolute atomic E-state index is 12.8. The van der Waals surface area contributed by atoms with Gasteiger partial charge in [0.25, 0.3) is 11.8 Å². The van der Waals surface area contributed by atoms with Gasteiger partial charge in [-0.2, -0.15) is 0 Å². The normalized spacial score (nSPS) is 19.5. The summed E-state index contributed by atoms with van der Waals surface area (Å²) in [5.41, 5.74) is 6.95. The summed E-state index contributed by atoms with van der Waals surface area (Å²) in [6.07, 6.45) is 0.706. The summed E-state index contributed by atoms with van der Waals surface area (Å²) >= 11 is 0. The first-order valence-electron chi connectivity index (χ1n) is 9.60. The number of fused-ring (bicyclic) bond motifs is 1. The van der Waals surface area contributed by atoms with Crippen molar-refractivity contribution in [2.24, 2.45) is 5.73 Å². The smallest absolute Gasteiger partial charge is 0.257 e. The molecule has 8 nitrogen and oxygen atoms in total. The van der Waals surface area contributed by atoms with Crippen LogP contribution >= 0.6 is 12.4 Å². The molecule has 4 rings (SSSR count). The molecular formula is C21H24ClN3O5. The number of anilines is 2. The van der Waals surface area contributed by atoms with Gasteiger partial charge >= 0.3 is 0 Å². The van der Waals surface area contributed by atoms with Crippen LogP contribution in [-0.4, -0.2) is 43.8 Å². The minimum Gasteiger partial charge on any atom is -0.486 e. The number of rotatable bonds is 5. The van der Waals surface area contributed by atoms with Crippen LogP contribution in [0.15, 0.2) is 42.5 Å². The molecule has 0 saturated carbocycles. The lowest BCUT2D eigenvalue weighted by Crippen LogP contribution is -2.30. The molecule has 0 spiro atoms. The van der Waals surface area contributed by atoms with Crippen LogP contribution in [0, 0.1) is 0 Å². The standard InChI is InChI=1S/C21H23N3O5.ClH/c22-12-14-6-8-18(29-14)21(26)24-16-4-2-1-3-15(16)20(25)23-13-5-7-17-19(11-13)28-10-9-27-17;/h1-5,7,11,14,18H,6,8-10,12,22H2,(H,23,25)(H,24,26);1H/t14-,18+;/m1./s1. The van der Waals surface area contributed by atoms with E-state index in [2.05, 4.69) is 10.6 Å². The van der Waals surface area contributed by atoms with Gasteiger partial charge in [0.2, 0.25) is 0 Å². The molecule has 1 saturated heterocycles. The van der Waals surface area contributed by atoms with Gasteiger partial charge in [-0.15, -0.1) is 12.4 Å². The van der Waals surface area contributed by atoms with Gasteiger partial charge in [0.05, 0.1) is 17.4 Å². The van der Waals surface area contributed by atoms with Crippen LogP contribution in [0.4, 0.5) is 11.4 Å². The zero-order valence-corrected chi connectivity index (χ0v) is 17.1. The van der Waals surface area contributed by atoms with E-state index in [-0.39, 0.29) is 30.3 Å². The number of amides is 2. The van der Waals surface area contributed by atoms with Crippen molar-refractivity contribution in [3.63, 3.8) is 0 Å². The predicted molar refractivity (Wildman–Crippen MR) is 115 cm³/mol. The van der Waals surface area contributed by atoms with Gasteiger partial charge in [-0.05, 0) is 37.1 Å². The molecule has 30 heavy (non-hydrogen) atoms. The lowest BCUT2D eigenvalue weighted by atomic mass is 10.1. The minimum absolute atomic E-state index is 0. The molecule has 2 heterocycles. The Bertz CT molecular complexity index is 923. The van der Waals surface area contributed by atoms with Gasteiger partial charge in [0.15, 0.2) is 11.5 Å². The molecule has 2 aliphatic heterocycles. The van der Waals surface area contributed by atoms with Crippen molar-refractivity contribution in [3.8, 4) is 11.5 Å². The summed E-state index contributed by atoms with van der Waals surface area (Å²) in [7, 11) is 0. The van der Waals surface area contributed by atoms with Gasteiger partial charge in [0, 0.05) is 18.3 Å². The molecule has 0 bridgehead atoms. The van der Waals surface area contributed by atoms with Gasteiger partial charge in [-0.3, -0.25) is 9.59 Å². The third-order valence-corrected chi connectivity index (χ3v) is 4.89. The second kappa shape index (κ2) is 9.80. The van der Waals surface area contributed by atoms with E-state index in [0.29, 0.717) is 54.6 Å². The topological polar surface area (TPSA) is 112 Å². The molecule has 2 amide bonds. The number of halogens is 1. The van der Waals surface area contributed by atoms with Crippen molar-refractivity contribution in [3.05, 3.63) is 48.0 Å². The molecule has 160 valence electrons. The molecule has 0 aliphatic carbocycles. The number of hydrogen-bond donors (Lipinski definition) is 3. The zero-order valence-electron chi connectivity index (χ0n) is 16.3. The Hall–Kier alpha value is -2.81. The average Bonchev–Trinajstić information content (AvgIpc) is 3.23. The molecule has 4 N–H and O–H groups in total. The summed E-state index contributed by atoms with van der Waals surface area (Å²) < 4.78 is 16.7. The van der Waals surface area contributed by atoms with Crippen LogP contribution in [-0.2, 0) is 9.53 Å². The van der Waals surface area contributed by atoms with E-state index in [1.165, 1.54) is 0 Å². The number of para-hydroxylation sites is 1. The second-order valence-electron chi connectivity index (χ2n) is 6.91. The Balaban J connectivity index is 0.00000256. The minimum atomic E-state index is -0.558. The van der Waals surface area contributed by atoms with Gasteiger partial charge in [0.1, 0.15) is 19.3 Å². The van der Waals surface area contributed by atoms with Crippen LogP contribution in [0.25, 0.3) is 0 Å². The van der Waals surface area contributed by atoms with Crippen LogP contribution in [0.2, 0.25) is 0 Å². The molecule has 0 aromatic heterocycles. The third-order valence-electron chi connectivity index (χ3n) is 4.89. The fourth-order valence-corrected chi connectivity index (χ4v) is 3.39. The van der Waals surface area contributed by atoms with Gasteiger partial charge in [-0.1, -0.05) is 12.1 Å². The first-order chi connectivity index (χ1) is 14.1. The summed E-state index contributed by atoms with van der Waals surface area (Å²) in [6.45, 7) is 1.36. The van der Waals surface area contributed by atoms with E-state index < -0.39 is 6.10 Å². The van der Waals surface area contributed by atoms with Crippen molar-refractivity contribution in [1.29, 1.82) is 0 Å². The quantitative estimate of drug-likeness (QED) is 0.668. The number of benzene rings is 2. The Morgan fingerprint density at radius 3 is 2.53 bits per heavy atom. The first kappa shape index (κ1) is 21.9. The molecular weight excluding hydrogens is 410 g/mol. The van der Waals surface area contributed by atoms with E-state index in [0.717, 1.165) is 6.42 Å². The summed E-state index contributed by atoms with van der Waals surface area (Å²) in [4.78, 5) is 25.4. The van der Waals surface area contributed by atoms with Crippen LogP contribution in [0.1, 0.15) is 23.2 Å². The highest BCUT2D eigenvalue weighted by Gasteiger charge is 2.30. The fourth-order valence-electron chi connectivity index (χ4n) is 3.39. The Labute approximate surface area is 180 Å². The van der Waals surface area contributed by atoms with E-state index in [1.807, 2.05) is 0 Å². The molecule has 2 atom stereocenters. The SMILES string of the molecule is Cl.NC[C@H]1CC[C@@H](C(=O)Nc2ccccc2C(=O)Nc2ccc3c(c2)OCCO3)O1. The molecule has 1 fully saturated rings. The lowest BCUT2D eigenvalue weighted by Gasteiger charge is -2.19. The highest BCUT2D eigenvalue weighted by Crippen LogP contribution is 2.33. The Morgan fingerprint density at radius 1 is 1.00 bits per heavy atom. The summed E-state index contributed by atoms with van der Waals surface area (Å²) in [5.74, 6) is 0.614. The van der Waals surface area contributed by atoms with Gasteiger partial charge < -0.3 is 30.6 Å². The van der Waals surface area contributed by atoms with Crippen LogP contribution < -0.4 is 25.8 Å². The number of nitrogens with one attached hydrogen (secondary N) is 2. The number of carbonyl (C=O) groups excluding carboxylic acids is 2. The maximum Gasteiger partial charge on any atom is 0.257 e. The predicted octanol–water partition coefficient (Wildman–Crippen LogP) is 2.58. The molecule has 0 radical (unpaired) electrons. The molecule has 9 heteroatoms. The van der Waals surface area contributed by atoms with Crippen molar-refractivity contribution in [2.45, 2.75) is 25.0 Å². The van der Waals surface area contributed by atoms with Crippen molar-refractivity contribution < 1.29 is 23.8 Å². The van der Waals surface area contributed by atoms with Crippen molar-refractivity contribution in [2.75, 3.05) is 30.4 Å². The highest BCUT2D eigenvalue weighted by atomic mass is 35.5. The van der Waals surface area contributed by atoms with E-state index >= 15 is 0 Å². The molecule has 2 aromatic carbocycles. The maximum atomic E-state index is 12.8. The second-order valence-corrected chi connectivity index (χ2v) is 6.91. The van der Waals surface area contributed by atoms with E-state index in [1.54, 1.807) is 42.5 Å². The van der Waals surface area contributed by atoms with Gasteiger partial charge in [-0.25, -0.2) is 0 Å². The zero-order chi connectivity index (χ0) is 20.2. The highest BCUT2D eigenvalue weighted by molar-refractivity contribution is 6.10. The number of ether oxygens (including phenoxy) is 3. The largest absolute Gasteiger partial charge is 0.486 e. The van der Waals surface area contributed by atoms with Crippen molar-refractivity contribution >= 4 is 35.6 Å². The number of nitrogens with two attached hydrogens (primary N) is 1. The Kier molecular flexibility index (Phi) is 7.15. The summed E-state index contributed by atoms with van der Waals surface area (Å²) in [5, 5.41) is 5.64. The Morgan fingerprint density at radius 2 is 1.77 bits per heavy atom. The monoisotopic (exact) mass is 433 g/mol. The first-order valence-corrected chi connectivity index (χ1v) is 9.60. The number of hydrogen-bond acceptors (Lipinski definition) is 6. The molecule has 2 aliphatic rings. The fraction of sp³-hybridized carbons (Fsp3) is 0.333. The molecule has 0 unspecified atom stereocenters. The lowest BCUT2D eigenvalue weighted by molar-refractivity contribution is -0.126. The third kappa shape index (κ3) is 4.84. The van der Waals surface area contributed by atoms with Crippen LogP contribution in [0.5, 0.6) is 11.5 Å².